The van der Waals surface area contributed by atoms with Crippen LogP contribution in [0.15, 0.2) is 28.7 Å². The molecule has 0 bridgehead atoms. The summed E-state index contributed by atoms with van der Waals surface area (Å²) < 4.78 is 2.62. The quantitative estimate of drug-likeness (QED) is 0.817. The molecule has 1 amide bonds. The second-order valence-corrected chi connectivity index (χ2v) is 6.64. The molecular formula is C17H20BrN3O3. The summed E-state index contributed by atoms with van der Waals surface area (Å²) in [5, 5.41) is 13.4. The summed E-state index contributed by atoms with van der Waals surface area (Å²) in [5.41, 5.74) is 3.44. The minimum atomic E-state index is -1.03. The van der Waals surface area contributed by atoms with Crippen LogP contribution in [0.4, 0.5) is 0 Å². The van der Waals surface area contributed by atoms with Crippen molar-refractivity contribution in [3.63, 3.8) is 0 Å². The Bertz CT molecular complexity index is 770. The number of aromatic nitrogens is 2. The van der Waals surface area contributed by atoms with E-state index in [1.165, 1.54) is 4.90 Å². The molecule has 2 aromatic rings. The molecule has 0 spiro atoms. The van der Waals surface area contributed by atoms with Gasteiger partial charge in [-0.15, -0.1) is 0 Å². The maximum Gasteiger partial charge on any atom is 0.323 e. The lowest BCUT2D eigenvalue weighted by atomic mass is 10.1. The number of halogens is 1. The molecule has 128 valence electrons. The third-order valence-electron chi connectivity index (χ3n) is 3.93. The van der Waals surface area contributed by atoms with E-state index in [9.17, 15) is 9.59 Å². The number of nitrogens with zero attached hydrogens (tertiary/aromatic N) is 3. The van der Waals surface area contributed by atoms with Crippen LogP contribution < -0.4 is 0 Å². The van der Waals surface area contributed by atoms with E-state index >= 15 is 0 Å². The number of carboxylic acids is 1. The van der Waals surface area contributed by atoms with Crippen LogP contribution in [0.2, 0.25) is 0 Å². The highest BCUT2D eigenvalue weighted by Gasteiger charge is 2.21. The first kappa shape index (κ1) is 18.2. The minimum absolute atomic E-state index is 0.146. The number of hydrogen-bond acceptors (Lipinski definition) is 3. The Balaban J connectivity index is 2.20. The van der Waals surface area contributed by atoms with Crippen molar-refractivity contribution in [1.82, 2.24) is 14.7 Å². The fourth-order valence-corrected chi connectivity index (χ4v) is 3.03. The zero-order valence-corrected chi connectivity index (χ0v) is 15.5. The number of amides is 1. The van der Waals surface area contributed by atoms with Crippen LogP contribution in [-0.4, -0.2) is 38.2 Å². The van der Waals surface area contributed by atoms with Gasteiger partial charge in [0.1, 0.15) is 6.54 Å². The third kappa shape index (κ3) is 4.44. The predicted octanol–water partition coefficient (Wildman–Crippen LogP) is 2.46. The molecule has 0 saturated carbocycles. The second kappa shape index (κ2) is 7.61. The summed E-state index contributed by atoms with van der Waals surface area (Å²) in [6, 6.07) is 7.49. The van der Waals surface area contributed by atoms with Gasteiger partial charge in [-0.2, -0.15) is 5.10 Å². The summed E-state index contributed by atoms with van der Waals surface area (Å²) in [6.45, 7) is 3.68. The number of hydrogen-bond donors (Lipinski definition) is 1. The van der Waals surface area contributed by atoms with Crippen molar-refractivity contribution in [2.24, 2.45) is 7.05 Å². The molecule has 1 heterocycles. The van der Waals surface area contributed by atoms with Gasteiger partial charge in [-0.25, -0.2) is 0 Å². The van der Waals surface area contributed by atoms with Crippen molar-refractivity contribution < 1.29 is 14.7 Å². The Morgan fingerprint density at radius 2 is 2.04 bits per heavy atom. The highest BCUT2D eigenvalue weighted by Crippen LogP contribution is 2.17. The molecule has 0 radical (unpaired) electrons. The largest absolute Gasteiger partial charge is 0.480 e. The first-order chi connectivity index (χ1) is 11.3. The van der Waals surface area contributed by atoms with E-state index in [0.29, 0.717) is 0 Å². The number of aliphatic carboxylic acids is 1. The summed E-state index contributed by atoms with van der Waals surface area (Å²) >= 11 is 3.38. The van der Waals surface area contributed by atoms with E-state index in [2.05, 4.69) is 21.0 Å². The number of carbonyl (C=O) groups excluding carboxylic acids is 1. The van der Waals surface area contributed by atoms with Crippen molar-refractivity contribution in [3.8, 4) is 0 Å². The Hall–Kier alpha value is -2.15. The van der Waals surface area contributed by atoms with Crippen molar-refractivity contribution >= 4 is 27.8 Å². The van der Waals surface area contributed by atoms with Gasteiger partial charge in [0.15, 0.2) is 0 Å². The summed E-state index contributed by atoms with van der Waals surface area (Å²) in [7, 11) is 1.83. The SMILES string of the molecule is Cc1nn(C)c(C)c1CC(=O)N(CC(=O)O)Cc1cccc(Br)c1. The molecule has 2 rings (SSSR count). The number of carboxylic acid groups (broad SMARTS) is 1. The Kier molecular flexibility index (Phi) is 5.77. The second-order valence-electron chi connectivity index (χ2n) is 5.72. The van der Waals surface area contributed by atoms with E-state index in [-0.39, 0.29) is 25.4 Å². The smallest absolute Gasteiger partial charge is 0.323 e. The average molecular weight is 394 g/mol. The Labute approximate surface area is 149 Å². The van der Waals surface area contributed by atoms with Gasteiger partial charge in [0.05, 0.1) is 12.1 Å². The minimum Gasteiger partial charge on any atom is -0.480 e. The molecule has 6 nitrogen and oxygen atoms in total. The lowest BCUT2D eigenvalue weighted by Gasteiger charge is -2.21. The number of carbonyl (C=O) groups is 2. The molecular weight excluding hydrogens is 374 g/mol. The van der Waals surface area contributed by atoms with Crippen molar-refractivity contribution in [2.75, 3.05) is 6.54 Å². The van der Waals surface area contributed by atoms with Crippen molar-refractivity contribution in [3.05, 3.63) is 51.3 Å². The Morgan fingerprint density at radius 3 is 2.58 bits per heavy atom. The highest BCUT2D eigenvalue weighted by molar-refractivity contribution is 9.10. The van der Waals surface area contributed by atoms with Crippen molar-refractivity contribution in [2.45, 2.75) is 26.8 Å². The van der Waals surface area contributed by atoms with Crippen LogP contribution in [0.25, 0.3) is 0 Å². The molecule has 0 aliphatic carbocycles. The van der Waals surface area contributed by atoms with E-state index in [4.69, 9.17) is 5.11 Å². The molecule has 0 aliphatic rings. The van der Waals surface area contributed by atoms with Gasteiger partial charge in [0.2, 0.25) is 5.91 Å². The normalized spacial score (nSPS) is 10.7. The fourth-order valence-electron chi connectivity index (χ4n) is 2.59. The number of aryl methyl sites for hydroxylation is 2. The number of benzene rings is 1. The predicted molar refractivity (Wildman–Crippen MR) is 93.6 cm³/mol. The van der Waals surface area contributed by atoms with Crippen molar-refractivity contribution in [1.29, 1.82) is 0 Å². The van der Waals surface area contributed by atoms with E-state index < -0.39 is 5.97 Å². The molecule has 24 heavy (non-hydrogen) atoms. The van der Waals surface area contributed by atoms with Crippen LogP contribution in [0.5, 0.6) is 0 Å². The lowest BCUT2D eigenvalue weighted by Crippen LogP contribution is -2.36. The van der Waals surface area contributed by atoms with Gasteiger partial charge in [-0.1, -0.05) is 28.1 Å². The molecule has 7 heteroatoms. The third-order valence-corrected chi connectivity index (χ3v) is 4.42. The van der Waals surface area contributed by atoms with Crippen LogP contribution in [-0.2, 0) is 29.6 Å². The van der Waals surface area contributed by atoms with Gasteiger partial charge in [-0.3, -0.25) is 14.3 Å². The van der Waals surface area contributed by atoms with Gasteiger partial charge in [0, 0.05) is 29.3 Å². The van der Waals surface area contributed by atoms with Gasteiger partial charge >= 0.3 is 5.97 Å². The summed E-state index contributed by atoms with van der Waals surface area (Å²) in [5.74, 6) is -1.26. The lowest BCUT2D eigenvalue weighted by molar-refractivity contribution is -0.144. The van der Waals surface area contributed by atoms with Gasteiger partial charge in [0.25, 0.3) is 0 Å². The molecule has 0 fully saturated rings. The fraction of sp³-hybridized carbons (Fsp3) is 0.353. The topological polar surface area (TPSA) is 75.4 Å². The maximum atomic E-state index is 12.7. The molecule has 1 N–H and O–H groups in total. The molecule has 0 aliphatic heterocycles. The monoisotopic (exact) mass is 393 g/mol. The molecule has 1 aromatic heterocycles. The first-order valence-corrected chi connectivity index (χ1v) is 8.30. The Morgan fingerprint density at radius 1 is 1.33 bits per heavy atom. The molecule has 0 atom stereocenters. The first-order valence-electron chi connectivity index (χ1n) is 7.51. The van der Waals surface area contributed by atoms with Gasteiger partial charge in [-0.05, 0) is 31.5 Å². The zero-order chi connectivity index (χ0) is 17.9. The van der Waals surface area contributed by atoms with Crippen LogP contribution >= 0.6 is 15.9 Å². The van der Waals surface area contributed by atoms with Crippen LogP contribution in [0.1, 0.15) is 22.5 Å². The van der Waals surface area contributed by atoms with E-state index in [0.717, 1.165) is 27.0 Å². The van der Waals surface area contributed by atoms with E-state index in [1.807, 2.05) is 45.2 Å². The molecule has 0 unspecified atom stereocenters. The van der Waals surface area contributed by atoms with Crippen LogP contribution in [0.3, 0.4) is 0 Å². The van der Waals surface area contributed by atoms with Crippen LogP contribution in [0, 0.1) is 13.8 Å². The summed E-state index contributed by atoms with van der Waals surface area (Å²) in [6.07, 6.45) is 0.146. The van der Waals surface area contributed by atoms with Gasteiger partial charge < -0.3 is 10.0 Å². The van der Waals surface area contributed by atoms with E-state index in [1.54, 1.807) is 4.68 Å². The highest BCUT2D eigenvalue weighted by atomic mass is 79.9. The average Bonchev–Trinajstić information content (AvgIpc) is 2.72. The molecule has 1 aromatic carbocycles. The maximum absolute atomic E-state index is 12.7. The zero-order valence-electron chi connectivity index (χ0n) is 13.9. The number of rotatable bonds is 6. The standard InChI is InChI=1S/C17H20BrN3O3/c1-11-15(12(2)20(3)19-11)8-16(22)21(10-17(23)24)9-13-5-4-6-14(18)7-13/h4-7H,8-10H2,1-3H3,(H,23,24). The molecule has 0 saturated heterocycles. The summed E-state index contributed by atoms with van der Waals surface area (Å²) in [4.78, 5) is 25.2.